The lowest BCUT2D eigenvalue weighted by Gasteiger charge is -2.12. The van der Waals surface area contributed by atoms with E-state index in [-0.39, 0.29) is 5.78 Å². The fourth-order valence-electron chi connectivity index (χ4n) is 1.64. The topological polar surface area (TPSA) is 26.3 Å². The molecule has 0 saturated carbocycles. The van der Waals surface area contributed by atoms with Crippen LogP contribution in [-0.2, 0) is 17.6 Å². The molecule has 0 saturated heterocycles. The summed E-state index contributed by atoms with van der Waals surface area (Å²) in [7, 11) is 1.64. The summed E-state index contributed by atoms with van der Waals surface area (Å²) in [6.45, 7) is 3.66. The van der Waals surface area contributed by atoms with Crippen molar-refractivity contribution in [1.29, 1.82) is 0 Å². The molecule has 1 aromatic rings. The molecule has 0 aliphatic carbocycles. The van der Waals surface area contributed by atoms with Gasteiger partial charge in [0.1, 0.15) is 11.5 Å². The van der Waals surface area contributed by atoms with E-state index in [1.165, 1.54) is 0 Å². The molecule has 2 nitrogen and oxygen atoms in total. The molecular formula is C12H15BrO2. The van der Waals surface area contributed by atoms with Gasteiger partial charge in [-0.05, 0) is 31.0 Å². The number of ketones is 1. The third-order valence-electron chi connectivity index (χ3n) is 2.23. The summed E-state index contributed by atoms with van der Waals surface area (Å²) < 4.78 is 6.35. The van der Waals surface area contributed by atoms with E-state index in [1.807, 2.05) is 12.1 Å². The van der Waals surface area contributed by atoms with Crippen molar-refractivity contribution in [1.82, 2.24) is 0 Å². The summed E-state index contributed by atoms with van der Waals surface area (Å²) in [6, 6.07) is 3.97. The summed E-state index contributed by atoms with van der Waals surface area (Å²) in [5.41, 5.74) is 2.08. The van der Waals surface area contributed by atoms with Gasteiger partial charge in [-0.15, -0.1) is 0 Å². The van der Waals surface area contributed by atoms with Crippen molar-refractivity contribution in [3.63, 3.8) is 0 Å². The van der Waals surface area contributed by atoms with Crippen LogP contribution >= 0.6 is 15.9 Å². The molecule has 0 radical (unpaired) electrons. The second-order valence-electron chi connectivity index (χ2n) is 3.49. The Bertz CT molecular complexity index is 372. The van der Waals surface area contributed by atoms with Crippen molar-refractivity contribution in [2.75, 3.05) is 7.11 Å². The summed E-state index contributed by atoms with van der Waals surface area (Å²) in [4.78, 5) is 11.1. The zero-order valence-electron chi connectivity index (χ0n) is 9.26. The predicted molar refractivity (Wildman–Crippen MR) is 64.5 cm³/mol. The molecule has 0 aliphatic rings. The molecule has 0 aromatic heterocycles. The van der Waals surface area contributed by atoms with Gasteiger partial charge >= 0.3 is 0 Å². The molecule has 0 fully saturated rings. The van der Waals surface area contributed by atoms with Crippen molar-refractivity contribution >= 4 is 21.7 Å². The second kappa shape index (κ2) is 5.31. The third-order valence-corrected chi connectivity index (χ3v) is 2.69. The van der Waals surface area contributed by atoms with Crippen LogP contribution in [0.4, 0.5) is 0 Å². The van der Waals surface area contributed by atoms with E-state index in [9.17, 15) is 4.79 Å². The first kappa shape index (κ1) is 12.2. The lowest BCUT2D eigenvalue weighted by atomic mass is 10.0. The van der Waals surface area contributed by atoms with Crippen molar-refractivity contribution in [3.05, 3.63) is 27.7 Å². The molecule has 0 aliphatic heterocycles. The highest BCUT2D eigenvalue weighted by molar-refractivity contribution is 9.10. The number of rotatable bonds is 4. The minimum absolute atomic E-state index is 0.147. The fourth-order valence-corrected chi connectivity index (χ4v) is 2.19. The maximum Gasteiger partial charge on any atom is 0.134 e. The molecule has 0 amide bonds. The van der Waals surface area contributed by atoms with Crippen molar-refractivity contribution in [3.8, 4) is 5.75 Å². The van der Waals surface area contributed by atoms with Gasteiger partial charge in [-0.1, -0.05) is 22.9 Å². The predicted octanol–water partition coefficient (Wildman–Crippen LogP) is 3.15. The molecule has 15 heavy (non-hydrogen) atoms. The van der Waals surface area contributed by atoms with Crippen LogP contribution in [0.15, 0.2) is 16.6 Å². The number of hydrogen-bond donors (Lipinski definition) is 0. The smallest absolute Gasteiger partial charge is 0.134 e. The van der Waals surface area contributed by atoms with Crippen LogP contribution in [0.25, 0.3) is 0 Å². The first-order valence-electron chi connectivity index (χ1n) is 4.93. The van der Waals surface area contributed by atoms with E-state index in [2.05, 4.69) is 22.9 Å². The van der Waals surface area contributed by atoms with E-state index in [0.29, 0.717) is 6.42 Å². The molecular weight excluding hydrogens is 256 g/mol. The first-order chi connectivity index (χ1) is 7.08. The maximum atomic E-state index is 11.1. The van der Waals surface area contributed by atoms with Crippen molar-refractivity contribution in [2.24, 2.45) is 0 Å². The van der Waals surface area contributed by atoms with Crippen LogP contribution in [0.5, 0.6) is 5.75 Å². The van der Waals surface area contributed by atoms with Crippen molar-refractivity contribution in [2.45, 2.75) is 26.7 Å². The molecule has 3 heteroatoms. The third kappa shape index (κ3) is 3.06. The Morgan fingerprint density at radius 3 is 2.47 bits per heavy atom. The number of aryl methyl sites for hydroxylation is 1. The Balaban J connectivity index is 3.22. The minimum Gasteiger partial charge on any atom is -0.496 e. The Hall–Kier alpha value is -0.830. The highest BCUT2D eigenvalue weighted by Gasteiger charge is 2.11. The number of hydrogen-bond acceptors (Lipinski definition) is 2. The van der Waals surface area contributed by atoms with Gasteiger partial charge in [-0.3, -0.25) is 4.79 Å². The second-order valence-corrected chi connectivity index (χ2v) is 4.41. The first-order valence-corrected chi connectivity index (χ1v) is 5.72. The summed E-state index contributed by atoms with van der Waals surface area (Å²) in [5.74, 6) is 0.990. The van der Waals surface area contributed by atoms with Gasteiger partial charge in [0.15, 0.2) is 0 Å². The average molecular weight is 271 g/mol. The van der Waals surface area contributed by atoms with Crippen LogP contribution < -0.4 is 4.74 Å². The largest absolute Gasteiger partial charge is 0.496 e. The highest BCUT2D eigenvalue weighted by atomic mass is 79.9. The lowest BCUT2D eigenvalue weighted by Crippen LogP contribution is -2.02. The Kier molecular flexibility index (Phi) is 4.33. The molecule has 0 N–H and O–H groups in total. The Labute approximate surface area is 98.8 Å². The molecule has 1 rings (SSSR count). The molecule has 0 spiro atoms. The Morgan fingerprint density at radius 1 is 1.40 bits per heavy atom. The molecule has 1 aromatic carbocycles. The molecule has 0 bridgehead atoms. The van der Waals surface area contributed by atoms with Gasteiger partial charge in [-0.25, -0.2) is 0 Å². The Morgan fingerprint density at radius 2 is 2.00 bits per heavy atom. The number of halogens is 1. The van der Waals surface area contributed by atoms with Gasteiger partial charge in [0.2, 0.25) is 0 Å². The zero-order valence-corrected chi connectivity index (χ0v) is 10.8. The number of carbonyl (C=O) groups excluding carboxylic acids is 1. The number of methoxy groups -OCH3 is 1. The summed E-state index contributed by atoms with van der Waals surface area (Å²) in [5, 5.41) is 0. The fraction of sp³-hybridized carbons (Fsp3) is 0.417. The van der Waals surface area contributed by atoms with Gasteiger partial charge in [-0.2, -0.15) is 0 Å². The van der Waals surface area contributed by atoms with Crippen molar-refractivity contribution < 1.29 is 9.53 Å². The number of benzene rings is 1. The van der Waals surface area contributed by atoms with E-state index in [4.69, 9.17) is 4.74 Å². The standard InChI is InChI=1S/C12H15BrO2/c1-4-9-6-11(13)7-10(5-8(2)14)12(9)15-3/h6-7H,4-5H2,1-3H3. The number of carbonyl (C=O) groups is 1. The number of Topliss-reactive ketones (excluding diaryl/α,β-unsaturated/α-hetero) is 1. The average Bonchev–Trinajstić information content (AvgIpc) is 2.15. The lowest BCUT2D eigenvalue weighted by molar-refractivity contribution is -0.116. The van der Waals surface area contributed by atoms with E-state index in [1.54, 1.807) is 14.0 Å². The normalized spacial score (nSPS) is 10.1. The summed E-state index contributed by atoms with van der Waals surface area (Å²) >= 11 is 3.44. The van der Waals surface area contributed by atoms with Crippen LogP contribution in [0.2, 0.25) is 0 Å². The van der Waals surface area contributed by atoms with Gasteiger partial charge in [0, 0.05) is 16.5 Å². The van der Waals surface area contributed by atoms with Crippen LogP contribution in [0.1, 0.15) is 25.0 Å². The van der Waals surface area contributed by atoms with Crippen LogP contribution in [-0.4, -0.2) is 12.9 Å². The van der Waals surface area contributed by atoms with Gasteiger partial charge in [0.25, 0.3) is 0 Å². The van der Waals surface area contributed by atoms with Crippen LogP contribution in [0, 0.1) is 0 Å². The highest BCUT2D eigenvalue weighted by Crippen LogP contribution is 2.29. The monoisotopic (exact) mass is 270 g/mol. The van der Waals surface area contributed by atoms with Crippen LogP contribution in [0.3, 0.4) is 0 Å². The van der Waals surface area contributed by atoms with E-state index in [0.717, 1.165) is 27.8 Å². The zero-order chi connectivity index (χ0) is 11.4. The van der Waals surface area contributed by atoms with E-state index < -0.39 is 0 Å². The van der Waals surface area contributed by atoms with Gasteiger partial charge < -0.3 is 4.74 Å². The molecule has 0 atom stereocenters. The van der Waals surface area contributed by atoms with Gasteiger partial charge in [0.05, 0.1) is 7.11 Å². The SMILES string of the molecule is CCc1cc(Br)cc(CC(C)=O)c1OC. The molecule has 0 heterocycles. The van der Waals surface area contributed by atoms with E-state index >= 15 is 0 Å². The maximum absolute atomic E-state index is 11.1. The molecule has 0 unspecified atom stereocenters. The quantitative estimate of drug-likeness (QED) is 0.840. The molecule has 82 valence electrons. The summed E-state index contributed by atoms with van der Waals surface area (Å²) in [6.07, 6.45) is 1.32. The number of ether oxygens (including phenoxy) is 1. The minimum atomic E-state index is 0.147.